The first-order valence-corrected chi connectivity index (χ1v) is 6.39. The zero-order valence-electron chi connectivity index (χ0n) is 12.1. The van der Waals surface area contributed by atoms with Crippen molar-refractivity contribution in [2.24, 2.45) is 0 Å². The maximum Gasteiger partial charge on any atom is 0.325 e. The first-order valence-electron chi connectivity index (χ1n) is 6.39. The average molecular weight is 266 g/mol. The Morgan fingerprint density at radius 3 is 2.47 bits per heavy atom. The third kappa shape index (κ3) is 4.73. The van der Waals surface area contributed by atoms with E-state index in [9.17, 15) is 4.79 Å². The topological polar surface area (TPSA) is 58.6 Å². The maximum atomic E-state index is 11.2. The second-order valence-corrected chi connectivity index (χ2v) is 4.44. The molecule has 0 aliphatic heterocycles. The number of methoxy groups -OCH3 is 1. The lowest BCUT2D eigenvalue weighted by Gasteiger charge is -2.21. The molecule has 0 aliphatic rings. The van der Waals surface area contributed by atoms with Crippen LogP contribution in [0.25, 0.3) is 0 Å². The van der Waals surface area contributed by atoms with Gasteiger partial charge in [0, 0.05) is 26.7 Å². The number of anilines is 2. The second-order valence-electron chi connectivity index (χ2n) is 4.44. The fraction of sp³-hybridized carbons (Fsp3) is 0.615. The molecular weight excluding hydrogens is 244 g/mol. The molecule has 6 nitrogen and oxygen atoms in total. The standard InChI is InChI=1S/C13H22N4O2/c1-5-6-7-16(2)11-8-12(15-10-14-11)17(3)9-13(18)19-4/h8,10H,5-7,9H2,1-4H3. The fourth-order valence-corrected chi connectivity index (χ4v) is 1.60. The second kappa shape index (κ2) is 7.56. The molecule has 0 saturated carbocycles. The predicted molar refractivity (Wildman–Crippen MR) is 75.5 cm³/mol. The summed E-state index contributed by atoms with van der Waals surface area (Å²) in [4.78, 5) is 23.5. The summed E-state index contributed by atoms with van der Waals surface area (Å²) < 4.78 is 4.64. The van der Waals surface area contributed by atoms with Gasteiger partial charge in [-0.1, -0.05) is 13.3 Å². The van der Waals surface area contributed by atoms with Crippen molar-refractivity contribution >= 4 is 17.6 Å². The van der Waals surface area contributed by atoms with E-state index in [0.29, 0.717) is 5.82 Å². The molecule has 0 aromatic carbocycles. The van der Waals surface area contributed by atoms with Gasteiger partial charge in [0.1, 0.15) is 24.5 Å². The van der Waals surface area contributed by atoms with E-state index < -0.39 is 0 Å². The summed E-state index contributed by atoms with van der Waals surface area (Å²) in [6.07, 6.45) is 3.78. The molecule has 0 atom stereocenters. The molecule has 1 rings (SSSR count). The monoisotopic (exact) mass is 266 g/mol. The first-order chi connectivity index (χ1) is 9.08. The van der Waals surface area contributed by atoms with Crippen molar-refractivity contribution in [3.05, 3.63) is 12.4 Å². The summed E-state index contributed by atoms with van der Waals surface area (Å²) in [5.74, 6) is 1.27. The lowest BCUT2D eigenvalue weighted by Crippen LogP contribution is -2.28. The van der Waals surface area contributed by atoms with Crippen molar-refractivity contribution < 1.29 is 9.53 Å². The van der Waals surface area contributed by atoms with Gasteiger partial charge >= 0.3 is 5.97 Å². The Hall–Kier alpha value is -1.85. The van der Waals surface area contributed by atoms with Gasteiger partial charge in [-0.05, 0) is 6.42 Å². The quantitative estimate of drug-likeness (QED) is 0.694. The van der Waals surface area contributed by atoms with Gasteiger partial charge in [0.15, 0.2) is 0 Å². The van der Waals surface area contributed by atoms with Crippen molar-refractivity contribution in [3.63, 3.8) is 0 Å². The molecule has 0 radical (unpaired) electrons. The number of rotatable bonds is 7. The molecule has 0 amide bonds. The van der Waals surface area contributed by atoms with E-state index in [2.05, 4.69) is 26.5 Å². The summed E-state index contributed by atoms with van der Waals surface area (Å²) >= 11 is 0. The Morgan fingerprint density at radius 2 is 1.89 bits per heavy atom. The van der Waals surface area contributed by atoms with Gasteiger partial charge in [-0.2, -0.15) is 0 Å². The van der Waals surface area contributed by atoms with E-state index in [1.807, 2.05) is 13.1 Å². The number of hydrogen-bond donors (Lipinski definition) is 0. The number of unbranched alkanes of at least 4 members (excludes halogenated alkanes) is 1. The largest absolute Gasteiger partial charge is 0.468 e. The van der Waals surface area contributed by atoms with Gasteiger partial charge in [-0.15, -0.1) is 0 Å². The van der Waals surface area contributed by atoms with Crippen LogP contribution in [0, 0.1) is 0 Å². The Bertz CT molecular complexity index is 411. The van der Waals surface area contributed by atoms with E-state index in [1.54, 1.807) is 11.9 Å². The van der Waals surface area contributed by atoms with Crippen LogP contribution in [0.3, 0.4) is 0 Å². The number of esters is 1. The number of ether oxygens (including phenoxy) is 1. The highest BCUT2D eigenvalue weighted by Gasteiger charge is 2.10. The molecule has 0 bridgehead atoms. The zero-order valence-corrected chi connectivity index (χ0v) is 12.1. The van der Waals surface area contributed by atoms with Gasteiger partial charge < -0.3 is 14.5 Å². The van der Waals surface area contributed by atoms with Crippen LogP contribution in [0.15, 0.2) is 12.4 Å². The molecule has 6 heteroatoms. The minimum absolute atomic E-state index is 0.172. The van der Waals surface area contributed by atoms with Gasteiger partial charge in [0.25, 0.3) is 0 Å². The van der Waals surface area contributed by atoms with Gasteiger partial charge in [-0.3, -0.25) is 4.79 Å². The van der Waals surface area contributed by atoms with Crippen LogP contribution >= 0.6 is 0 Å². The number of likely N-dealkylation sites (N-methyl/N-ethyl adjacent to an activating group) is 1. The Kier molecular flexibility index (Phi) is 6.05. The molecule has 0 aliphatic carbocycles. The Balaban J connectivity index is 2.73. The lowest BCUT2D eigenvalue weighted by atomic mass is 10.3. The number of carbonyl (C=O) groups is 1. The van der Waals surface area contributed by atoms with Crippen LogP contribution in [0.2, 0.25) is 0 Å². The van der Waals surface area contributed by atoms with Gasteiger partial charge in [0.2, 0.25) is 0 Å². The van der Waals surface area contributed by atoms with E-state index in [1.165, 1.54) is 13.4 Å². The molecule has 1 aromatic rings. The molecule has 106 valence electrons. The zero-order chi connectivity index (χ0) is 14.3. The SMILES string of the molecule is CCCCN(C)c1cc(N(C)CC(=O)OC)ncn1. The summed E-state index contributed by atoms with van der Waals surface area (Å²) in [6, 6.07) is 1.87. The summed E-state index contributed by atoms with van der Waals surface area (Å²) in [5, 5.41) is 0. The maximum absolute atomic E-state index is 11.2. The average Bonchev–Trinajstić information content (AvgIpc) is 2.44. The first kappa shape index (κ1) is 15.2. The Labute approximate surface area is 114 Å². The molecule has 19 heavy (non-hydrogen) atoms. The molecular formula is C13H22N4O2. The number of carbonyl (C=O) groups excluding carboxylic acids is 1. The van der Waals surface area contributed by atoms with Crippen molar-refractivity contribution in [1.82, 2.24) is 9.97 Å². The predicted octanol–water partition coefficient (Wildman–Crippen LogP) is 1.32. The van der Waals surface area contributed by atoms with Crippen LogP contribution in [0.4, 0.5) is 11.6 Å². The molecule has 0 unspecified atom stereocenters. The van der Waals surface area contributed by atoms with Crippen molar-refractivity contribution in [1.29, 1.82) is 0 Å². The van der Waals surface area contributed by atoms with E-state index in [4.69, 9.17) is 0 Å². The minimum Gasteiger partial charge on any atom is -0.468 e. The Morgan fingerprint density at radius 1 is 1.26 bits per heavy atom. The smallest absolute Gasteiger partial charge is 0.325 e. The van der Waals surface area contributed by atoms with Crippen LogP contribution in [-0.4, -0.2) is 50.2 Å². The number of hydrogen-bond acceptors (Lipinski definition) is 6. The third-order valence-corrected chi connectivity index (χ3v) is 2.86. The molecule has 0 N–H and O–H groups in total. The summed E-state index contributed by atoms with van der Waals surface area (Å²) in [7, 11) is 5.18. The highest BCUT2D eigenvalue weighted by molar-refractivity contribution is 5.75. The van der Waals surface area contributed by atoms with Crippen LogP contribution in [-0.2, 0) is 9.53 Å². The number of nitrogens with zero attached hydrogens (tertiary/aromatic N) is 4. The van der Waals surface area contributed by atoms with Crippen molar-refractivity contribution in [2.45, 2.75) is 19.8 Å². The van der Waals surface area contributed by atoms with Crippen molar-refractivity contribution in [3.8, 4) is 0 Å². The third-order valence-electron chi connectivity index (χ3n) is 2.86. The molecule has 0 spiro atoms. The highest BCUT2D eigenvalue weighted by atomic mass is 16.5. The molecule has 0 saturated heterocycles. The highest BCUT2D eigenvalue weighted by Crippen LogP contribution is 2.15. The van der Waals surface area contributed by atoms with E-state index >= 15 is 0 Å². The van der Waals surface area contributed by atoms with Crippen LogP contribution in [0.5, 0.6) is 0 Å². The van der Waals surface area contributed by atoms with E-state index in [-0.39, 0.29) is 12.5 Å². The van der Waals surface area contributed by atoms with Gasteiger partial charge in [-0.25, -0.2) is 9.97 Å². The summed E-state index contributed by atoms with van der Waals surface area (Å²) in [5.41, 5.74) is 0. The normalized spacial score (nSPS) is 10.1. The lowest BCUT2D eigenvalue weighted by molar-refractivity contribution is -0.138. The van der Waals surface area contributed by atoms with Crippen molar-refractivity contribution in [2.75, 3.05) is 44.1 Å². The van der Waals surface area contributed by atoms with Crippen LogP contribution < -0.4 is 9.80 Å². The molecule has 1 aromatic heterocycles. The molecule has 0 fully saturated rings. The minimum atomic E-state index is -0.290. The van der Waals surface area contributed by atoms with Gasteiger partial charge in [0.05, 0.1) is 7.11 Å². The molecule has 1 heterocycles. The number of aromatic nitrogens is 2. The van der Waals surface area contributed by atoms with E-state index in [0.717, 1.165) is 25.2 Å². The summed E-state index contributed by atoms with van der Waals surface area (Å²) in [6.45, 7) is 3.28. The fourth-order valence-electron chi connectivity index (χ4n) is 1.60. The van der Waals surface area contributed by atoms with Crippen LogP contribution in [0.1, 0.15) is 19.8 Å².